The molecule has 1 amide bonds. The highest BCUT2D eigenvalue weighted by molar-refractivity contribution is 5.98. The summed E-state index contributed by atoms with van der Waals surface area (Å²) in [6.45, 7) is 0. The van der Waals surface area contributed by atoms with Crippen LogP contribution in [0.25, 0.3) is 0 Å². The molecule has 132 valence electrons. The van der Waals surface area contributed by atoms with Gasteiger partial charge in [0.2, 0.25) is 5.91 Å². The van der Waals surface area contributed by atoms with Crippen LogP contribution in [0.1, 0.15) is 22.9 Å². The molecule has 0 saturated carbocycles. The zero-order valence-electron chi connectivity index (χ0n) is 12.9. The molecule has 2 aromatic carbocycles. The molecule has 0 radical (unpaired) electrons. The summed E-state index contributed by atoms with van der Waals surface area (Å²) in [7, 11) is 0. The molecule has 1 N–H and O–H groups in total. The number of rotatable bonds is 2. The summed E-state index contributed by atoms with van der Waals surface area (Å²) in [6, 6.07) is 13.2. The second-order valence-electron chi connectivity index (χ2n) is 5.51. The number of ether oxygens (including phenoxy) is 1. The van der Waals surface area contributed by atoms with Crippen LogP contribution in [-0.4, -0.2) is 16.1 Å². The van der Waals surface area contributed by atoms with Gasteiger partial charge in [-0.05, 0) is 12.1 Å². The minimum atomic E-state index is -4.78. The molecule has 0 aliphatic carbocycles. The maximum absolute atomic E-state index is 12.8. The number of carbonyl (C=O) groups is 1. The molecule has 1 aromatic heterocycles. The van der Waals surface area contributed by atoms with Crippen molar-refractivity contribution >= 4 is 11.9 Å². The van der Waals surface area contributed by atoms with Gasteiger partial charge in [0.25, 0.3) is 0 Å². The Balaban J connectivity index is 1.69. The molecule has 0 saturated heterocycles. The summed E-state index contributed by atoms with van der Waals surface area (Å²) in [5.41, 5.74) is 1.17. The van der Waals surface area contributed by atoms with Gasteiger partial charge in [0.05, 0.1) is 5.92 Å². The average molecular weight is 361 g/mol. The van der Waals surface area contributed by atoms with Crippen molar-refractivity contribution in [2.24, 2.45) is 0 Å². The molecule has 3 aromatic rings. The van der Waals surface area contributed by atoms with E-state index < -0.39 is 29.9 Å². The molecule has 0 unspecified atom stereocenters. The molecule has 0 bridgehead atoms. The molecule has 1 aliphatic heterocycles. The quantitative estimate of drug-likeness (QED) is 0.747. The molecule has 6 nitrogen and oxygen atoms in total. The third-order valence-corrected chi connectivity index (χ3v) is 3.84. The molecule has 9 heteroatoms. The Morgan fingerprint density at radius 1 is 0.962 bits per heavy atom. The Labute approximate surface area is 144 Å². The molecular formula is C17H10F3N3O3. The van der Waals surface area contributed by atoms with E-state index in [1.54, 1.807) is 48.5 Å². The fraction of sp³-hybridized carbons (Fsp3) is 0.118. The Morgan fingerprint density at radius 3 is 2.08 bits per heavy atom. The van der Waals surface area contributed by atoms with Crippen molar-refractivity contribution in [1.29, 1.82) is 0 Å². The van der Waals surface area contributed by atoms with Crippen molar-refractivity contribution in [1.82, 2.24) is 10.2 Å². The Kier molecular flexibility index (Phi) is 3.64. The zero-order chi connectivity index (χ0) is 18.3. The first-order chi connectivity index (χ1) is 12.4. The predicted octanol–water partition coefficient (Wildman–Crippen LogP) is 3.96. The number of hydrogen-bond acceptors (Lipinski definition) is 5. The molecule has 0 atom stereocenters. The predicted molar refractivity (Wildman–Crippen MR) is 82.7 cm³/mol. The Morgan fingerprint density at radius 2 is 1.54 bits per heavy atom. The number of alkyl halides is 3. The van der Waals surface area contributed by atoms with E-state index in [1.807, 2.05) is 0 Å². The molecule has 0 fully saturated rings. The van der Waals surface area contributed by atoms with Crippen molar-refractivity contribution in [3.63, 3.8) is 0 Å². The first-order valence-electron chi connectivity index (χ1n) is 7.51. The van der Waals surface area contributed by atoms with Crippen molar-refractivity contribution in [2.45, 2.75) is 12.1 Å². The van der Waals surface area contributed by atoms with Gasteiger partial charge in [-0.2, -0.15) is 13.2 Å². The van der Waals surface area contributed by atoms with Crippen LogP contribution in [0.15, 0.2) is 52.9 Å². The van der Waals surface area contributed by atoms with Crippen LogP contribution in [-0.2, 0) is 11.0 Å². The number of benzene rings is 2. The van der Waals surface area contributed by atoms with Crippen LogP contribution >= 0.6 is 0 Å². The van der Waals surface area contributed by atoms with Gasteiger partial charge < -0.3 is 9.15 Å². The van der Waals surface area contributed by atoms with Gasteiger partial charge in [-0.3, -0.25) is 10.1 Å². The van der Waals surface area contributed by atoms with Crippen LogP contribution in [0, 0.1) is 0 Å². The number of para-hydroxylation sites is 2. The first kappa shape index (κ1) is 16.1. The molecule has 2 heterocycles. The average Bonchev–Trinajstić information content (AvgIpc) is 3.08. The fourth-order valence-corrected chi connectivity index (χ4v) is 2.76. The topological polar surface area (TPSA) is 77.3 Å². The van der Waals surface area contributed by atoms with E-state index in [0.717, 1.165) is 0 Å². The van der Waals surface area contributed by atoms with Crippen LogP contribution < -0.4 is 10.1 Å². The van der Waals surface area contributed by atoms with Crippen molar-refractivity contribution in [3.05, 3.63) is 65.5 Å². The highest BCUT2D eigenvalue weighted by atomic mass is 19.4. The second-order valence-corrected chi connectivity index (χ2v) is 5.51. The second kappa shape index (κ2) is 5.87. The van der Waals surface area contributed by atoms with Gasteiger partial charge in [0, 0.05) is 11.1 Å². The van der Waals surface area contributed by atoms with E-state index in [2.05, 4.69) is 19.9 Å². The summed E-state index contributed by atoms with van der Waals surface area (Å²) in [5, 5.41) is 8.37. The summed E-state index contributed by atoms with van der Waals surface area (Å²) in [4.78, 5) is 12.8. The third kappa shape index (κ3) is 2.77. The fourth-order valence-electron chi connectivity index (χ4n) is 2.76. The maximum Gasteiger partial charge on any atom is 0.470 e. The standard InChI is InChI=1S/C17H10F3N3O3/c18-17(19,20)15-22-23-16(26-15)21-14(24)13-9-5-1-3-7-11(9)25-12-8-4-2-6-10(12)13/h1-8,13H,(H,21,23,24). The van der Waals surface area contributed by atoms with E-state index in [9.17, 15) is 18.0 Å². The zero-order valence-corrected chi connectivity index (χ0v) is 12.9. The smallest absolute Gasteiger partial charge is 0.457 e. The molecule has 1 aliphatic rings. The van der Waals surface area contributed by atoms with Crippen LogP contribution in [0.4, 0.5) is 19.2 Å². The highest BCUT2D eigenvalue weighted by Gasteiger charge is 2.39. The SMILES string of the molecule is O=C(Nc1nnc(C(F)(F)F)o1)C1c2ccccc2Oc2ccccc21. The Hall–Kier alpha value is -3.36. The summed E-state index contributed by atoms with van der Waals surface area (Å²) in [5.74, 6) is -1.94. The number of amides is 1. The van der Waals surface area contributed by atoms with Gasteiger partial charge in [0.1, 0.15) is 11.5 Å². The number of fused-ring (bicyclic) bond motifs is 2. The third-order valence-electron chi connectivity index (χ3n) is 3.84. The van der Waals surface area contributed by atoms with Crippen molar-refractivity contribution in [3.8, 4) is 11.5 Å². The first-order valence-corrected chi connectivity index (χ1v) is 7.51. The monoisotopic (exact) mass is 361 g/mol. The number of anilines is 1. The van der Waals surface area contributed by atoms with Gasteiger partial charge in [0.15, 0.2) is 0 Å². The summed E-state index contributed by atoms with van der Waals surface area (Å²) < 4.78 is 47.9. The number of nitrogens with one attached hydrogen (secondary N) is 1. The van der Waals surface area contributed by atoms with Crippen LogP contribution in [0.2, 0.25) is 0 Å². The number of halogens is 3. The molecule has 26 heavy (non-hydrogen) atoms. The lowest BCUT2D eigenvalue weighted by Gasteiger charge is -2.26. The molecule has 4 rings (SSSR count). The van der Waals surface area contributed by atoms with Gasteiger partial charge >= 0.3 is 18.1 Å². The van der Waals surface area contributed by atoms with Gasteiger partial charge in [-0.25, -0.2) is 0 Å². The minimum absolute atomic E-state index is 0.493. The summed E-state index contributed by atoms with van der Waals surface area (Å²) in [6.07, 6.45) is -4.78. The molecular weight excluding hydrogens is 351 g/mol. The lowest BCUT2D eigenvalue weighted by atomic mass is 9.87. The Bertz CT molecular complexity index is 939. The lowest BCUT2D eigenvalue weighted by molar-refractivity contribution is -0.157. The van der Waals surface area contributed by atoms with Gasteiger partial charge in [-0.15, -0.1) is 5.10 Å². The van der Waals surface area contributed by atoms with E-state index >= 15 is 0 Å². The van der Waals surface area contributed by atoms with Crippen molar-refractivity contribution in [2.75, 3.05) is 5.32 Å². The number of nitrogens with zero attached hydrogens (tertiary/aromatic N) is 2. The van der Waals surface area contributed by atoms with Gasteiger partial charge in [-0.1, -0.05) is 41.5 Å². The minimum Gasteiger partial charge on any atom is -0.457 e. The summed E-state index contributed by atoms with van der Waals surface area (Å²) >= 11 is 0. The number of hydrogen-bond donors (Lipinski definition) is 1. The largest absolute Gasteiger partial charge is 0.470 e. The lowest BCUT2D eigenvalue weighted by Crippen LogP contribution is -2.25. The van der Waals surface area contributed by atoms with E-state index in [1.165, 1.54) is 0 Å². The van der Waals surface area contributed by atoms with E-state index in [-0.39, 0.29) is 0 Å². The van der Waals surface area contributed by atoms with E-state index in [0.29, 0.717) is 22.6 Å². The number of carbonyl (C=O) groups excluding carboxylic acids is 1. The van der Waals surface area contributed by atoms with Crippen molar-refractivity contribution < 1.29 is 27.1 Å². The van der Waals surface area contributed by atoms with Crippen LogP contribution in [0.3, 0.4) is 0 Å². The highest BCUT2D eigenvalue weighted by Crippen LogP contribution is 2.44. The normalized spacial score (nSPS) is 13.5. The number of aromatic nitrogens is 2. The maximum atomic E-state index is 12.8. The molecule has 0 spiro atoms. The van der Waals surface area contributed by atoms with Crippen LogP contribution in [0.5, 0.6) is 11.5 Å². The van der Waals surface area contributed by atoms with E-state index in [4.69, 9.17) is 4.74 Å².